The van der Waals surface area contributed by atoms with Gasteiger partial charge in [0.15, 0.2) is 17.3 Å². The lowest BCUT2D eigenvalue weighted by molar-refractivity contribution is 0.552. The predicted octanol–water partition coefficient (Wildman–Crippen LogP) is 4.28. The van der Waals surface area contributed by atoms with Crippen LogP contribution in [0.5, 0.6) is 0 Å². The largest absolute Gasteiger partial charge is 0.226 e. The van der Waals surface area contributed by atoms with Crippen LogP contribution in [-0.2, 0) is 0 Å². The van der Waals surface area contributed by atoms with Gasteiger partial charge in [-0.3, -0.25) is 0 Å². The van der Waals surface area contributed by atoms with Crippen molar-refractivity contribution in [3.8, 4) is 11.8 Å². The van der Waals surface area contributed by atoms with E-state index in [4.69, 9.17) is 0 Å². The van der Waals surface area contributed by atoms with Crippen molar-refractivity contribution in [3.63, 3.8) is 0 Å². The maximum absolute atomic E-state index is 13.7. The third-order valence-electron chi connectivity index (χ3n) is 2.08. The smallest absolute Gasteiger partial charge is 0.174 e. The topological polar surface area (TPSA) is 12.9 Å². The van der Waals surface area contributed by atoms with Gasteiger partial charge in [-0.05, 0) is 49.9 Å². The van der Waals surface area contributed by atoms with E-state index in [0.717, 1.165) is 5.56 Å². The second kappa shape index (κ2) is 5.59. The Labute approximate surface area is 120 Å². The first-order chi connectivity index (χ1) is 8.59. The highest BCUT2D eigenvalue weighted by atomic mass is 79.9. The van der Waals surface area contributed by atoms with E-state index in [1.54, 1.807) is 12.1 Å². The van der Waals surface area contributed by atoms with Gasteiger partial charge in [0.1, 0.15) is 4.60 Å². The van der Waals surface area contributed by atoms with Crippen LogP contribution in [0.3, 0.4) is 0 Å². The Bertz CT molecular complexity index is 646. The van der Waals surface area contributed by atoms with Gasteiger partial charge < -0.3 is 0 Å². The SMILES string of the molecule is Fc1c(Br)nc(C#Cc2ccccc2)c(F)c1Br. The van der Waals surface area contributed by atoms with Gasteiger partial charge in [-0.1, -0.05) is 24.1 Å². The first-order valence-corrected chi connectivity index (χ1v) is 6.45. The summed E-state index contributed by atoms with van der Waals surface area (Å²) in [4.78, 5) is 3.71. The summed E-state index contributed by atoms with van der Waals surface area (Å²) in [5.74, 6) is 3.75. The monoisotopic (exact) mass is 371 g/mol. The molecule has 0 fully saturated rings. The fourth-order valence-corrected chi connectivity index (χ4v) is 2.24. The summed E-state index contributed by atoms with van der Waals surface area (Å²) >= 11 is 5.73. The third-order valence-corrected chi connectivity index (χ3v) is 3.31. The summed E-state index contributed by atoms with van der Waals surface area (Å²) in [6.07, 6.45) is 0. The molecule has 0 amide bonds. The summed E-state index contributed by atoms with van der Waals surface area (Å²) < 4.78 is 26.6. The number of hydrogen-bond donors (Lipinski definition) is 0. The Morgan fingerprint density at radius 2 is 1.61 bits per heavy atom. The Hall–Kier alpha value is -1.25. The average Bonchev–Trinajstić information content (AvgIpc) is 2.40. The summed E-state index contributed by atoms with van der Waals surface area (Å²) in [6, 6.07) is 9.08. The zero-order valence-corrected chi connectivity index (χ0v) is 12.0. The van der Waals surface area contributed by atoms with Gasteiger partial charge in [0.25, 0.3) is 0 Å². The zero-order chi connectivity index (χ0) is 13.1. The molecule has 0 aliphatic carbocycles. The van der Waals surface area contributed by atoms with Crippen molar-refractivity contribution in [3.05, 3.63) is 62.3 Å². The number of nitrogens with zero attached hydrogens (tertiary/aromatic N) is 1. The molecule has 0 radical (unpaired) electrons. The lowest BCUT2D eigenvalue weighted by Crippen LogP contribution is -1.96. The number of aromatic nitrogens is 1. The minimum Gasteiger partial charge on any atom is -0.226 e. The van der Waals surface area contributed by atoms with Crippen molar-refractivity contribution in [2.24, 2.45) is 0 Å². The van der Waals surface area contributed by atoms with Crippen molar-refractivity contribution in [1.82, 2.24) is 4.98 Å². The summed E-state index contributed by atoms with van der Waals surface area (Å²) in [6.45, 7) is 0. The van der Waals surface area contributed by atoms with Crippen molar-refractivity contribution < 1.29 is 8.78 Å². The molecule has 1 aromatic heterocycles. The Morgan fingerprint density at radius 3 is 2.28 bits per heavy atom. The normalized spacial score (nSPS) is 9.78. The fourth-order valence-electron chi connectivity index (χ4n) is 1.22. The standard InChI is InChI=1S/C13H5Br2F2N/c14-10-11(16)9(18-13(15)12(10)17)7-6-8-4-2-1-3-5-8/h1-5H. The summed E-state index contributed by atoms with van der Waals surface area (Å²) in [5, 5.41) is 0. The maximum Gasteiger partial charge on any atom is 0.174 e. The lowest BCUT2D eigenvalue weighted by Gasteiger charge is -2.00. The average molecular weight is 373 g/mol. The van der Waals surface area contributed by atoms with Gasteiger partial charge >= 0.3 is 0 Å². The number of halogens is 4. The molecule has 0 aliphatic heterocycles. The summed E-state index contributed by atoms with van der Waals surface area (Å²) in [7, 11) is 0. The van der Waals surface area contributed by atoms with Crippen molar-refractivity contribution in [2.75, 3.05) is 0 Å². The molecule has 0 aliphatic rings. The first kappa shape index (κ1) is 13.2. The molecule has 0 saturated carbocycles. The van der Waals surface area contributed by atoms with Crippen LogP contribution < -0.4 is 0 Å². The van der Waals surface area contributed by atoms with E-state index in [9.17, 15) is 8.78 Å². The highest BCUT2D eigenvalue weighted by molar-refractivity contribution is 9.11. The number of benzene rings is 1. The molecular formula is C13H5Br2F2N. The van der Waals surface area contributed by atoms with E-state index in [2.05, 4.69) is 48.7 Å². The van der Waals surface area contributed by atoms with E-state index < -0.39 is 11.6 Å². The molecule has 1 aromatic carbocycles. The minimum absolute atomic E-state index is 0.0758. The van der Waals surface area contributed by atoms with E-state index in [-0.39, 0.29) is 14.8 Å². The molecule has 0 unspecified atom stereocenters. The molecule has 90 valence electrons. The van der Waals surface area contributed by atoms with E-state index in [1.165, 1.54) is 0 Å². The van der Waals surface area contributed by atoms with Gasteiger partial charge in [-0.15, -0.1) is 0 Å². The highest BCUT2D eigenvalue weighted by Crippen LogP contribution is 2.26. The van der Waals surface area contributed by atoms with E-state index >= 15 is 0 Å². The molecule has 18 heavy (non-hydrogen) atoms. The van der Waals surface area contributed by atoms with Gasteiger partial charge in [-0.25, -0.2) is 13.8 Å². The van der Waals surface area contributed by atoms with Crippen molar-refractivity contribution >= 4 is 31.9 Å². The van der Waals surface area contributed by atoms with Gasteiger partial charge in [0.2, 0.25) is 0 Å². The van der Waals surface area contributed by atoms with E-state index in [1.807, 2.05) is 18.2 Å². The van der Waals surface area contributed by atoms with Crippen LogP contribution in [0.15, 0.2) is 39.4 Å². The molecule has 0 N–H and O–H groups in total. The minimum atomic E-state index is -0.806. The molecule has 0 saturated heterocycles. The van der Waals surface area contributed by atoms with Crippen LogP contribution in [0.25, 0.3) is 0 Å². The molecule has 1 heterocycles. The van der Waals surface area contributed by atoms with Gasteiger partial charge in [-0.2, -0.15) is 0 Å². The highest BCUT2D eigenvalue weighted by Gasteiger charge is 2.15. The van der Waals surface area contributed by atoms with Gasteiger partial charge in [0.05, 0.1) is 4.47 Å². The molecule has 0 atom stereocenters. The van der Waals surface area contributed by atoms with Crippen LogP contribution in [0.2, 0.25) is 0 Å². The number of rotatable bonds is 0. The first-order valence-electron chi connectivity index (χ1n) is 4.86. The van der Waals surface area contributed by atoms with Crippen LogP contribution in [0, 0.1) is 23.5 Å². The van der Waals surface area contributed by atoms with Crippen molar-refractivity contribution in [1.29, 1.82) is 0 Å². The maximum atomic E-state index is 13.7. The van der Waals surface area contributed by atoms with Gasteiger partial charge in [0, 0.05) is 5.56 Å². The summed E-state index contributed by atoms with van der Waals surface area (Å²) in [5.41, 5.74) is 0.620. The Balaban J connectivity index is 2.46. The molecule has 2 aromatic rings. The molecule has 5 heteroatoms. The lowest BCUT2D eigenvalue weighted by atomic mass is 10.2. The molecule has 0 spiro atoms. The zero-order valence-electron chi connectivity index (χ0n) is 8.85. The predicted molar refractivity (Wildman–Crippen MR) is 72.0 cm³/mol. The molecule has 1 nitrogen and oxygen atoms in total. The quantitative estimate of drug-likeness (QED) is 0.496. The van der Waals surface area contributed by atoms with Crippen LogP contribution in [0.1, 0.15) is 11.3 Å². The van der Waals surface area contributed by atoms with Crippen LogP contribution in [-0.4, -0.2) is 4.98 Å². The number of pyridine rings is 1. The van der Waals surface area contributed by atoms with Crippen molar-refractivity contribution in [2.45, 2.75) is 0 Å². The fraction of sp³-hybridized carbons (Fsp3) is 0. The molecular weight excluding hydrogens is 368 g/mol. The van der Waals surface area contributed by atoms with Crippen LogP contribution in [0.4, 0.5) is 8.78 Å². The third kappa shape index (κ3) is 2.77. The Morgan fingerprint density at radius 1 is 0.944 bits per heavy atom. The van der Waals surface area contributed by atoms with E-state index in [0.29, 0.717) is 0 Å². The molecule has 2 rings (SSSR count). The molecule has 0 bridgehead atoms. The number of hydrogen-bond acceptors (Lipinski definition) is 1. The van der Waals surface area contributed by atoms with Crippen LogP contribution >= 0.6 is 31.9 Å². The Kier molecular flexibility index (Phi) is 4.10. The second-order valence-corrected chi connectivity index (χ2v) is 4.85. The second-order valence-electron chi connectivity index (χ2n) is 3.31.